The number of ether oxygens (including phenoxy) is 1. The van der Waals surface area contributed by atoms with Crippen molar-refractivity contribution in [2.75, 3.05) is 31.6 Å². The Morgan fingerprint density at radius 3 is 2.72 bits per heavy atom. The molecule has 0 unspecified atom stereocenters. The molecule has 25 heavy (non-hydrogen) atoms. The maximum atomic E-state index is 12.1. The minimum Gasteiger partial charge on any atom is -0.450 e. The van der Waals surface area contributed by atoms with E-state index >= 15 is 0 Å². The van der Waals surface area contributed by atoms with Gasteiger partial charge in [0.15, 0.2) is 0 Å². The summed E-state index contributed by atoms with van der Waals surface area (Å²) in [6.07, 6.45) is 1.63. The van der Waals surface area contributed by atoms with Gasteiger partial charge in [-0.15, -0.1) is 0 Å². The van der Waals surface area contributed by atoms with Crippen molar-refractivity contribution in [3.8, 4) is 0 Å². The number of hydrogen-bond donors (Lipinski definition) is 2. The molecule has 0 saturated carbocycles. The van der Waals surface area contributed by atoms with Crippen molar-refractivity contribution in [2.45, 2.75) is 39.2 Å². The van der Waals surface area contributed by atoms with E-state index in [2.05, 4.69) is 10.6 Å². The van der Waals surface area contributed by atoms with Crippen molar-refractivity contribution < 1.29 is 14.3 Å². The standard InChI is InChI=1S/C18H26ClN3O3/c1-3-25-18(24)22-11-8-14(9-12-22)21-17(23)7-10-20-16-6-4-5-15(19)13(16)2/h4-6,14,20H,3,7-12H2,1-2H3,(H,21,23). The number of halogens is 1. The smallest absolute Gasteiger partial charge is 0.409 e. The quantitative estimate of drug-likeness (QED) is 0.810. The van der Waals surface area contributed by atoms with Gasteiger partial charge in [-0.2, -0.15) is 0 Å². The fraction of sp³-hybridized carbons (Fsp3) is 0.556. The highest BCUT2D eigenvalue weighted by Gasteiger charge is 2.24. The summed E-state index contributed by atoms with van der Waals surface area (Å²) < 4.78 is 4.99. The number of rotatable bonds is 6. The zero-order valence-corrected chi connectivity index (χ0v) is 15.6. The van der Waals surface area contributed by atoms with Gasteiger partial charge in [-0.1, -0.05) is 17.7 Å². The van der Waals surface area contributed by atoms with E-state index in [1.165, 1.54) is 0 Å². The Kier molecular flexibility index (Phi) is 7.37. The van der Waals surface area contributed by atoms with Crippen molar-refractivity contribution in [3.05, 3.63) is 28.8 Å². The molecule has 1 fully saturated rings. The van der Waals surface area contributed by atoms with Crippen LogP contribution in [0.5, 0.6) is 0 Å². The Balaban J connectivity index is 1.68. The second-order valence-electron chi connectivity index (χ2n) is 6.12. The number of carbonyl (C=O) groups is 2. The fourth-order valence-electron chi connectivity index (χ4n) is 2.83. The van der Waals surface area contributed by atoms with Gasteiger partial charge in [0, 0.05) is 42.8 Å². The Morgan fingerprint density at radius 2 is 2.04 bits per heavy atom. The SMILES string of the molecule is CCOC(=O)N1CCC(NC(=O)CCNc2cccc(Cl)c2C)CC1. The van der Waals surface area contributed by atoms with Crippen molar-refractivity contribution >= 4 is 29.3 Å². The number of anilines is 1. The predicted octanol–water partition coefficient (Wildman–Crippen LogP) is 3.19. The van der Waals surface area contributed by atoms with E-state index in [-0.39, 0.29) is 18.0 Å². The Labute approximate surface area is 153 Å². The van der Waals surface area contributed by atoms with Crippen LogP contribution in [0.2, 0.25) is 5.02 Å². The van der Waals surface area contributed by atoms with E-state index in [9.17, 15) is 9.59 Å². The van der Waals surface area contributed by atoms with Crippen LogP contribution < -0.4 is 10.6 Å². The molecule has 138 valence electrons. The van der Waals surface area contributed by atoms with Crippen molar-refractivity contribution in [1.82, 2.24) is 10.2 Å². The molecule has 2 amide bonds. The van der Waals surface area contributed by atoms with Gasteiger partial charge < -0.3 is 20.3 Å². The molecule has 1 aromatic rings. The lowest BCUT2D eigenvalue weighted by Gasteiger charge is -2.31. The van der Waals surface area contributed by atoms with Gasteiger partial charge in [0.05, 0.1) is 6.61 Å². The van der Waals surface area contributed by atoms with Crippen LogP contribution in [-0.2, 0) is 9.53 Å². The number of carbonyl (C=O) groups excluding carboxylic acids is 2. The van der Waals surface area contributed by atoms with Gasteiger partial charge in [-0.25, -0.2) is 4.79 Å². The normalized spacial score (nSPS) is 14.9. The monoisotopic (exact) mass is 367 g/mol. The van der Waals surface area contributed by atoms with E-state index in [4.69, 9.17) is 16.3 Å². The molecule has 0 bridgehead atoms. The third-order valence-electron chi connectivity index (χ3n) is 4.32. The molecule has 7 heteroatoms. The van der Waals surface area contributed by atoms with Gasteiger partial charge in [-0.05, 0) is 44.4 Å². The number of likely N-dealkylation sites (tertiary alicyclic amines) is 1. The second kappa shape index (κ2) is 9.51. The third kappa shape index (κ3) is 5.81. The van der Waals surface area contributed by atoms with Gasteiger partial charge in [0.1, 0.15) is 0 Å². The van der Waals surface area contributed by atoms with Crippen molar-refractivity contribution in [2.24, 2.45) is 0 Å². The number of amides is 2. The topological polar surface area (TPSA) is 70.7 Å². The maximum absolute atomic E-state index is 12.1. The second-order valence-corrected chi connectivity index (χ2v) is 6.52. The van der Waals surface area contributed by atoms with Crippen LogP contribution in [-0.4, -0.2) is 49.2 Å². The first-order valence-corrected chi connectivity index (χ1v) is 9.09. The lowest BCUT2D eigenvalue weighted by molar-refractivity contribution is -0.121. The lowest BCUT2D eigenvalue weighted by Crippen LogP contribution is -2.46. The largest absolute Gasteiger partial charge is 0.450 e. The summed E-state index contributed by atoms with van der Waals surface area (Å²) in [5.74, 6) is 0.0155. The van der Waals surface area contributed by atoms with Crippen LogP contribution in [0.15, 0.2) is 18.2 Å². The van der Waals surface area contributed by atoms with E-state index in [0.717, 1.165) is 24.1 Å². The van der Waals surface area contributed by atoms with Crippen LogP contribution in [0.1, 0.15) is 31.7 Å². The van der Waals surface area contributed by atoms with E-state index in [1.54, 1.807) is 11.8 Å². The number of piperidine rings is 1. The summed E-state index contributed by atoms with van der Waals surface area (Å²) in [5, 5.41) is 6.99. The summed E-state index contributed by atoms with van der Waals surface area (Å²) in [4.78, 5) is 25.4. The molecule has 6 nitrogen and oxygen atoms in total. The number of benzene rings is 1. The first kappa shape index (κ1) is 19.4. The Hall–Kier alpha value is -1.95. The fourth-order valence-corrected chi connectivity index (χ4v) is 3.01. The lowest BCUT2D eigenvalue weighted by atomic mass is 10.1. The summed E-state index contributed by atoms with van der Waals surface area (Å²) in [7, 11) is 0. The minimum absolute atomic E-state index is 0.0155. The molecule has 0 spiro atoms. The summed E-state index contributed by atoms with van der Waals surface area (Å²) in [5.41, 5.74) is 1.93. The van der Waals surface area contributed by atoms with Crippen molar-refractivity contribution in [1.29, 1.82) is 0 Å². The van der Waals surface area contributed by atoms with Crippen LogP contribution in [0.3, 0.4) is 0 Å². The van der Waals surface area contributed by atoms with Crippen LogP contribution in [0, 0.1) is 6.92 Å². The molecule has 1 heterocycles. The molecule has 0 aliphatic carbocycles. The molecule has 1 saturated heterocycles. The molecule has 0 radical (unpaired) electrons. The van der Waals surface area contributed by atoms with E-state index in [0.29, 0.717) is 37.7 Å². The van der Waals surface area contributed by atoms with E-state index < -0.39 is 0 Å². The van der Waals surface area contributed by atoms with Gasteiger partial charge in [0.25, 0.3) is 0 Å². The number of nitrogens with zero attached hydrogens (tertiary/aromatic N) is 1. The average molecular weight is 368 g/mol. The van der Waals surface area contributed by atoms with Crippen LogP contribution in [0.4, 0.5) is 10.5 Å². The molecule has 2 N–H and O–H groups in total. The molecular weight excluding hydrogens is 342 g/mol. The molecule has 0 atom stereocenters. The Morgan fingerprint density at radius 1 is 1.32 bits per heavy atom. The van der Waals surface area contributed by atoms with Gasteiger partial charge in [0.2, 0.25) is 5.91 Å². The Bertz CT molecular complexity index is 601. The average Bonchev–Trinajstić information content (AvgIpc) is 2.59. The first-order valence-electron chi connectivity index (χ1n) is 8.71. The third-order valence-corrected chi connectivity index (χ3v) is 4.73. The first-order chi connectivity index (χ1) is 12.0. The van der Waals surface area contributed by atoms with Crippen LogP contribution >= 0.6 is 11.6 Å². The molecule has 2 rings (SSSR count). The highest BCUT2D eigenvalue weighted by molar-refractivity contribution is 6.31. The molecular formula is C18H26ClN3O3. The van der Waals surface area contributed by atoms with Crippen LogP contribution in [0.25, 0.3) is 0 Å². The van der Waals surface area contributed by atoms with E-state index in [1.807, 2.05) is 25.1 Å². The number of nitrogens with one attached hydrogen (secondary N) is 2. The highest BCUT2D eigenvalue weighted by Crippen LogP contribution is 2.22. The van der Waals surface area contributed by atoms with Crippen molar-refractivity contribution in [3.63, 3.8) is 0 Å². The molecule has 1 aliphatic rings. The van der Waals surface area contributed by atoms with Gasteiger partial charge >= 0.3 is 6.09 Å². The predicted molar refractivity (Wildman–Crippen MR) is 99.1 cm³/mol. The molecule has 1 aliphatic heterocycles. The summed E-state index contributed by atoms with van der Waals surface area (Å²) >= 11 is 6.08. The zero-order valence-electron chi connectivity index (χ0n) is 14.8. The summed E-state index contributed by atoms with van der Waals surface area (Å²) in [6.45, 7) is 5.91. The maximum Gasteiger partial charge on any atom is 0.409 e. The highest BCUT2D eigenvalue weighted by atomic mass is 35.5. The molecule has 1 aromatic carbocycles. The molecule has 0 aromatic heterocycles. The summed E-state index contributed by atoms with van der Waals surface area (Å²) in [6, 6.07) is 5.79. The minimum atomic E-state index is -0.270. The number of hydrogen-bond acceptors (Lipinski definition) is 4. The van der Waals surface area contributed by atoms with Gasteiger partial charge in [-0.3, -0.25) is 4.79 Å². The zero-order chi connectivity index (χ0) is 18.2.